The lowest BCUT2D eigenvalue weighted by molar-refractivity contribution is -0.126. The van der Waals surface area contributed by atoms with Crippen molar-refractivity contribution in [1.29, 1.82) is 0 Å². The van der Waals surface area contributed by atoms with Gasteiger partial charge in [0.1, 0.15) is 12.4 Å². The molecule has 2 rings (SSSR count). The van der Waals surface area contributed by atoms with Crippen molar-refractivity contribution in [2.45, 2.75) is 20.0 Å². The second-order valence-electron chi connectivity index (χ2n) is 4.41. The minimum atomic E-state index is -0.461. The Morgan fingerprint density at radius 1 is 1.40 bits per heavy atom. The van der Waals surface area contributed by atoms with E-state index in [9.17, 15) is 4.79 Å². The Morgan fingerprint density at radius 3 is 2.65 bits per heavy atom. The molecule has 6 nitrogen and oxygen atoms in total. The smallest absolute Gasteiger partial charge is 0.253 e. The number of ether oxygens (including phenoxy) is 1. The van der Waals surface area contributed by atoms with Crippen LogP contribution in [0.4, 0.5) is 5.69 Å². The van der Waals surface area contributed by atoms with Crippen LogP contribution in [0.15, 0.2) is 30.6 Å². The fourth-order valence-electron chi connectivity index (χ4n) is 1.74. The van der Waals surface area contributed by atoms with Crippen LogP contribution in [0, 0.1) is 0 Å². The van der Waals surface area contributed by atoms with Gasteiger partial charge < -0.3 is 10.1 Å². The number of benzene rings is 1. The third-order valence-electron chi connectivity index (χ3n) is 2.80. The molecule has 6 heteroatoms. The topological polar surface area (TPSA) is 69.0 Å². The largest absolute Gasteiger partial charge is 0.369 e. The maximum Gasteiger partial charge on any atom is 0.253 e. The van der Waals surface area contributed by atoms with E-state index in [1.54, 1.807) is 17.9 Å². The van der Waals surface area contributed by atoms with E-state index >= 15 is 0 Å². The van der Waals surface area contributed by atoms with Crippen molar-refractivity contribution < 1.29 is 9.53 Å². The summed E-state index contributed by atoms with van der Waals surface area (Å²) in [5, 5.41) is 7.02. The first-order valence-corrected chi connectivity index (χ1v) is 6.48. The average Bonchev–Trinajstić information content (AvgIpc) is 2.86. The summed E-state index contributed by atoms with van der Waals surface area (Å²) in [5.74, 6) is 0.503. The second-order valence-corrected chi connectivity index (χ2v) is 4.41. The molecule has 1 atom stereocenters. The number of aryl methyl sites for hydroxylation is 1. The van der Waals surface area contributed by atoms with Crippen molar-refractivity contribution in [2.24, 2.45) is 7.05 Å². The van der Waals surface area contributed by atoms with E-state index in [2.05, 4.69) is 15.4 Å². The predicted octanol–water partition coefficient (Wildman–Crippen LogP) is 1.85. The highest BCUT2D eigenvalue weighted by atomic mass is 16.5. The van der Waals surface area contributed by atoms with Crippen molar-refractivity contribution in [1.82, 2.24) is 14.8 Å². The predicted molar refractivity (Wildman–Crippen MR) is 76.2 cm³/mol. The van der Waals surface area contributed by atoms with Crippen LogP contribution in [0.1, 0.15) is 13.8 Å². The quantitative estimate of drug-likeness (QED) is 0.903. The summed E-state index contributed by atoms with van der Waals surface area (Å²) < 4.78 is 6.88. The Bertz CT molecular complexity index is 577. The van der Waals surface area contributed by atoms with Gasteiger partial charge in [-0.25, -0.2) is 4.98 Å². The van der Waals surface area contributed by atoms with Crippen LogP contribution in [0.3, 0.4) is 0 Å². The highest BCUT2D eigenvalue weighted by molar-refractivity contribution is 5.94. The highest BCUT2D eigenvalue weighted by Crippen LogP contribution is 2.17. The van der Waals surface area contributed by atoms with Gasteiger partial charge in [0.25, 0.3) is 5.91 Å². The van der Waals surface area contributed by atoms with Gasteiger partial charge in [0, 0.05) is 24.9 Å². The molecule has 1 aromatic carbocycles. The molecule has 0 radical (unpaired) electrons. The Balaban J connectivity index is 2.03. The molecule has 0 saturated carbocycles. The molecule has 1 unspecified atom stereocenters. The van der Waals surface area contributed by atoms with Crippen LogP contribution in [0.5, 0.6) is 0 Å². The van der Waals surface area contributed by atoms with E-state index in [1.165, 1.54) is 0 Å². The molecular weight excluding hydrogens is 256 g/mol. The van der Waals surface area contributed by atoms with Gasteiger partial charge in [0.05, 0.1) is 0 Å². The Morgan fingerprint density at radius 2 is 2.10 bits per heavy atom. The Hall–Kier alpha value is -2.21. The summed E-state index contributed by atoms with van der Waals surface area (Å²) in [6.07, 6.45) is 1.19. The Kier molecular flexibility index (Phi) is 4.47. The molecule has 1 aromatic heterocycles. The molecule has 1 heterocycles. The van der Waals surface area contributed by atoms with Gasteiger partial charge in [-0.05, 0) is 38.1 Å². The van der Waals surface area contributed by atoms with Crippen molar-refractivity contribution in [3.8, 4) is 11.4 Å². The van der Waals surface area contributed by atoms with Gasteiger partial charge in [-0.15, -0.1) is 0 Å². The third kappa shape index (κ3) is 3.42. The lowest BCUT2D eigenvalue weighted by Gasteiger charge is -2.12. The normalized spacial score (nSPS) is 12.2. The zero-order valence-electron chi connectivity index (χ0n) is 11.8. The molecule has 0 bridgehead atoms. The number of carbonyl (C=O) groups excluding carboxylic acids is 1. The molecule has 0 aliphatic heterocycles. The van der Waals surface area contributed by atoms with Crippen LogP contribution in [-0.4, -0.2) is 33.4 Å². The zero-order chi connectivity index (χ0) is 14.5. The van der Waals surface area contributed by atoms with Gasteiger partial charge in [0.2, 0.25) is 0 Å². The summed E-state index contributed by atoms with van der Waals surface area (Å²) in [7, 11) is 1.82. The summed E-state index contributed by atoms with van der Waals surface area (Å²) in [5.41, 5.74) is 1.63. The lowest BCUT2D eigenvalue weighted by atomic mass is 10.2. The second kappa shape index (κ2) is 6.29. The molecule has 106 valence electrons. The van der Waals surface area contributed by atoms with Crippen molar-refractivity contribution in [3.05, 3.63) is 30.6 Å². The number of nitrogens with zero attached hydrogens (tertiary/aromatic N) is 3. The molecule has 2 aromatic rings. The van der Waals surface area contributed by atoms with Crippen LogP contribution >= 0.6 is 0 Å². The molecular formula is C14H18N4O2. The standard InChI is InChI=1S/C14H18N4O2/c1-4-20-10(2)14(19)16-12-7-5-11(6-8-12)13-15-9-18(3)17-13/h5-10H,4H2,1-3H3,(H,16,19). The summed E-state index contributed by atoms with van der Waals surface area (Å²) in [6.45, 7) is 4.10. The number of nitrogens with one attached hydrogen (secondary N) is 1. The molecule has 0 spiro atoms. The van der Waals surface area contributed by atoms with E-state index in [1.807, 2.05) is 38.2 Å². The number of hydrogen-bond donors (Lipinski definition) is 1. The van der Waals surface area contributed by atoms with Crippen LogP contribution in [-0.2, 0) is 16.6 Å². The fraction of sp³-hybridized carbons (Fsp3) is 0.357. The summed E-state index contributed by atoms with van der Waals surface area (Å²) >= 11 is 0. The number of hydrogen-bond acceptors (Lipinski definition) is 4. The molecule has 1 N–H and O–H groups in total. The van der Waals surface area contributed by atoms with Gasteiger partial charge in [0.15, 0.2) is 5.82 Å². The first-order chi connectivity index (χ1) is 9.60. The fourth-order valence-corrected chi connectivity index (χ4v) is 1.74. The van der Waals surface area contributed by atoms with Crippen LogP contribution in [0.2, 0.25) is 0 Å². The lowest BCUT2D eigenvalue weighted by Crippen LogP contribution is -2.27. The van der Waals surface area contributed by atoms with Gasteiger partial charge in [-0.1, -0.05) is 0 Å². The maximum absolute atomic E-state index is 11.8. The monoisotopic (exact) mass is 274 g/mol. The van der Waals surface area contributed by atoms with Crippen molar-refractivity contribution >= 4 is 11.6 Å². The maximum atomic E-state index is 11.8. The van der Waals surface area contributed by atoms with Gasteiger partial charge in [-0.2, -0.15) is 5.10 Å². The number of rotatable bonds is 5. The van der Waals surface area contributed by atoms with E-state index in [0.29, 0.717) is 12.4 Å². The number of carbonyl (C=O) groups is 1. The van der Waals surface area contributed by atoms with Gasteiger partial charge >= 0.3 is 0 Å². The molecule has 1 amide bonds. The minimum Gasteiger partial charge on any atom is -0.369 e. The van der Waals surface area contributed by atoms with Crippen LogP contribution < -0.4 is 5.32 Å². The Labute approximate surface area is 117 Å². The van der Waals surface area contributed by atoms with E-state index in [4.69, 9.17) is 4.74 Å². The summed E-state index contributed by atoms with van der Waals surface area (Å²) in [4.78, 5) is 16.0. The minimum absolute atomic E-state index is 0.157. The first kappa shape index (κ1) is 14.2. The molecule has 0 saturated heterocycles. The number of anilines is 1. The van der Waals surface area contributed by atoms with Crippen molar-refractivity contribution in [3.63, 3.8) is 0 Å². The molecule has 0 fully saturated rings. The number of aromatic nitrogens is 3. The molecule has 20 heavy (non-hydrogen) atoms. The van der Waals surface area contributed by atoms with E-state index < -0.39 is 6.10 Å². The zero-order valence-corrected chi connectivity index (χ0v) is 11.8. The van der Waals surface area contributed by atoms with E-state index in [-0.39, 0.29) is 5.91 Å². The van der Waals surface area contributed by atoms with Crippen LogP contribution in [0.25, 0.3) is 11.4 Å². The number of amides is 1. The van der Waals surface area contributed by atoms with Gasteiger partial charge in [-0.3, -0.25) is 9.48 Å². The molecule has 0 aliphatic carbocycles. The van der Waals surface area contributed by atoms with E-state index in [0.717, 1.165) is 11.3 Å². The molecule has 0 aliphatic rings. The van der Waals surface area contributed by atoms with Crippen molar-refractivity contribution in [2.75, 3.05) is 11.9 Å². The highest BCUT2D eigenvalue weighted by Gasteiger charge is 2.12. The average molecular weight is 274 g/mol. The third-order valence-corrected chi connectivity index (χ3v) is 2.80. The SMILES string of the molecule is CCOC(C)C(=O)Nc1ccc(-c2ncn(C)n2)cc1. The first-order valence-electron chi connectivity index (χ1n) is 6.48. The summed E-state index contributed by atoms with van der Waals surface area (Å²) in [6, 6.07) is 7.39.